The van der Waals surface area contributed by atoms with Crippen molar-refractivity contribution in [2.45, 2.75) is 51.3 Å². The van der Waals surface area contributed by atoms with Gasteiger partial charge in [-0.15, -0.1) is 0 Å². The molecule has 1 aromatic rings. The molecule has 0 N–H and O–H groups in total. The molecule has 2 aliphatic heterocycles. The number of carbonyl (C=O) groups is 1. The zero-order valence-corrected chi connectivity index (χ0v) is 12.5. The fraction of sp³-hybridized carbons (Fsp3) is 0.500. The van der Waals surface area contributed by atoms with Crippen molar-refractivity contribution in [2.75, 3.05) is 0 Å². The number of halogens is 1. The van der Waals surface area contributed by atoms with Gasteiger partial charge in [0.2, 0.25) is 5.95 Å². The molecule has 0 spiro atoms. The van der Waals surface area contributed by atoms with Crippen molar-refractivity contribution in [3.63, 3.8) is 0 Å². The second-order valence-corrected chi connectivity index (χ2v) is 6.58. The first-order valence-corrected chi connectivity index (χ1v) is 7.14. The molecule has 2 atom stereocenters. The van der Waals surface area contributed by atoms with E-state index < -0.39 is 17.6 Å². The van der Waals surface area contributed by atoms with Gasteiger partial charge in [0.1, 0.15) is 5.60 Å². The van der Waals surface area contributed by atoms with E-state index in [4.69, 9.17) is 4.74 Å². The van der Waals surface area contributed by atoms with Crippen LogP contribution >= 0.6 is 0 Å². The number of ether oxygens (including phenoxy) is 1. The Labute approximate surface area is 123 Å². The lowest BCUT2D eigenvalue weighted by molar-refractivity contribution is 0.0172. The highest BCUT2D eigenvalue weighted by molar-refractivity contribution is 5.81. The minimum absolute atomic E-state index is 0.112. The molecule has 112 valence electrons. The maximum Gasteiger partial charge on any atom is 0.411 e. The van der Waals surface area contributed by atoms with Crippen LogP contribution in [0, 0.1) is 5.95 Å². The Morgan fingerprint density at radius 2 is 2.10 bits per heavy atom. The molecule has 0 radical (unpaired) electrons. The third-order valence-electron chi connectivity index (χ3n) is 4.01. The molecule has 21 heavy (non-hydrogen) atoms. The van der Waals surface area contributed by atoms with Crippen LogP contribution in [0.1, 0.15) is 50.8 Å². The van der Waals surface area contributed by atoms with E-state index in [9.17, 15) is 9.18 Å². The first kappa shape index (κ1) is 14.0. The topological polar surface area (TPSA) is 42.4 Å². The minimum Gasteiger partial charge on any atom is -0.444 e. The highest BCUT2D eigenvalue weighted by atomic mass is 19.1. The number of aromatic nitrogens is 1. The SMILES string of the molecule is C=C1c2ccnc(F)c2C2CCC1N2C(=O)OC(C)(C)C. The Bertz CT molecular complexity index is 621. The second kappa shape index (κ2) is 4.55. The molecule has 2 unspecified atom stereocenters. The number of pyridine rings is 1. The average molecular weight is 290 g/mol. The summed E-state index contributed by atoms with van der Waals surface area (Å²) in [6.07, 6.45) is 2.52. The van der Waals surface area contributed by atoms with E-state index in [1.807, 2.05) is 20.8 Å². The molecule has 1 fully saturated rings. The van der Waals surface area contributed by atoms with Gasteiger partial charge in [0.05, 0.1) is 12.1 Å². The van der Waals surface area contributed by atoms with Crippen LogP contribution in [-0.4, -0.2) is 27.6 Å². The van der Waals surface area contributed by atoms with Crippen LogP contribution in [0.25, 0.3) is 5.57 Å². The molecule has 1 saturated heterocycles. The number of fused-ring (bicyclic) bond motifs is 4. The van der Waals surface area contributed by atoms with Crippen molar-refractivity contribution in [1.29, 1.82) is 0 Å². The first-order chi connectivity index (χ1) is 9.79. The highest BCUT2D eigenvalue weighted by Crippen LogP contribution is 2.49. The van der Waals surface area contributed by atoms with Gasteiger partial charge >= 0.3 is 6.09 Å². The van der Waals surface area contributed by atoms with Crippen molar-refractivity contribution >= 4 is 11.7 Å². The Kier molecular flexibility index (Phi) is 3.04. The number of rotatable bonds is 0. The van der Waals surface area contributed by atoms with Crippen LogP contribution in [0.15, 0.2) is 18.8 Å². The van der Waals surface area contributed by atoms with E-state index in [2.05, 4.69) is 11.6 Å². The van der Waals surface area contributed by atoms with Gasteiger partial charge in [0, 0.05) is 11.8 Å². The second-order valence-electron chi connectivity index (χ2n) is 6.58. The summed E-state index contributed by atoms with van der Waals surface area (Å²) in [7, 11) is 0. The van der Waals surface area contributed by atoms with Gasteiger partial charge < -0.3 is 4.74 Å². The van der Waals surface area contributed by atoms with Gasteiger partial charge in [-0.05, 0) is 50.8 Å². The summed E-state index contributed by atoms with van der Waals surface area (Å²) in [6.45, 7) is 9.52. The van der Waals surface area contributed by atoms with E-state index in [0.29, 0.717) is 12.0 Å². The van der Waals surface area contributed by atoms with Gasteiger partial charge in [0.15, 0.2) is 0 Å². The zero-order chi connectivity index (χ0) is 15.4. The molecule has 0 aliphatic carbocycles. The fourth-order valence-corrected chi connectivity index (χ4v) is 3.23. The van der Waals surface area contributed by atoms with E-state index in [-0.39, 0.29) is 12.1 Å². The summed E-state index contributed by atoms with van der Waals surface area (Å²) in [5.74, 6) is -0.521. The molecule has 0 aromatic carbocycles. The number of hydrogen-bond acceptors (Lipinski definition) is 3. The number of hydrogen-bond donors (Lipinski definition) is 0. The van der Waals surface area contributed by atoms with E-state index in [1.165, 1.54) is 6.20 Å². The van der Waals surface area contributed by atoms with Crippen LogP contribution in [-0.2, 0) is 4.74 Å². The van der Waals surface area contributed by atoms with E-state index in [0.717, 1.165) is 17.6 Å². The lowest BCUT2D eigenvalue weighted by Gasteiger charge is -2.38. The summed E-state index contributed by atoms with van der Waals surface area (Å²) >= 11 is 0. The van der Waals surface area contributed by atoms with Crippen LogP contribution in [0.2, 0.25) is 0 Å². The monoisotopic (exact) mass is 290 g/mol. The number of nitrogens with zero attached hydrogens (tertiary/aromatic N) is 2. The smallest absolute Gasteiger partial charge is 0.411 e. The van der Waals surface area contributed by atoms with Gasteiger partial charge in [-0.25, -0.2) is 9.78 Å². The maximum absolute atomic E-state index is 14.1. The lowest BCUT2D eigenvalue weighted by atomic mass is 9.91. The Balaban J connectivity index is 2.02. The first-order valence-electron chi connectivity index (χ1n) is 7.14. The standard InChI is InChI=1S/C16H19FN2O2/c1-9-10-7-8-18-14(17)13(10)12-6-5-11(9)19(12)15(20)21-16(2,3)4/h7-8,11-12H,1,5-6H2,2-4H3. The Morgan fingerprint density at radius 3 is 2.76 bits per heavy atom. The summed E-state index contributed by atoms with van der Waals surface area (Å²) < 4.78 is 19.6. The van der Waals surface area contributed by atoms with Gasteiger partial charge in [-0.3, -0.25) is 4.90 Å². The number of amides is 1. The van der Waals surface area contributed by atoms with Crippen molar-refractivity contribution in [2.24, 2.45) is 0 Å². The lowest BCUT2D eigenvalue weighted by Crippen LogP contribution is -2.44. The number of carbonyl (C=O) groups excluding carboxylic acids is 1. The average Bonchev–Trinajstić information content (AvgIpc) is 2.74. The molecule has 1 amide bonds. The van der Waals surface area contributed by atoms with Crippen LogP contribution in [0.5, 0.6) is 0 Å². The van der Waals surface area contributed by atoms with Crippen molar-refractivity contribution in [3.8, 4) is 0 Å². The normalized spacial score (nSPS) is 24.0. The summed E-state index contributed by atoms with van der Waals surface area (Å²) in [5.41, 5.74) is 1.45. The molecule has 3 rings (SSSR count). The molecule has 5 heteroatoms. The summed E-state index contributed by atoms with van der Waals surface area (Å²) in [5, 5.41) is 0. The van der Waals surface area contributed by atoms with E-state index >= 15 is 0 Å². The van der Waals surface area contributed by atoms with Crippen molar-refractivity contribution in [3.05, 3.63) is 35.9 Å². The van der Waals surface area contributed by atoms with E-state index in [1.54, 1.807) is 11.0 Å². The molecule has 0 saturated carbocycles. The molecule has 2 aliphatic rings. The Hall–Kier alpha value is -1.91. The van der Waals surface area contributed by atoms with Crippen LogP contribution in [0.4, 0.5) is 9.18 Å². The van der Waals surface area contributed by atoms with Crippen LogP contribution < -0.4 is 0 Å². The molecule has 3 heterocycles. The van der Waals surface area contributed by atoms with Crippen LogP contribution in [0.3, 0.4) is 0 Å². The largest absolute Gasteiger partial charge is 0.444 e. The quantitative estimate of drug-likeness (QED) is 0.684. The van der Waals surface area contributed by atoms with Gasteiger partial charge in [0.25, 0.3) is 0 Å². The summed E-state index contributed by atoms with van der Waals surface area (Å²) in [4.78, 5) is 17.8. The molecular formula is C16H19FN2O2. The predicted octanol–water partition coefficient (Wildman–Crippen LogP) is 3.69. The zero-order valence-electron chi connectivity index (χ0n) is 12.5. The van der Waals surface area contributed by atoms with Crippen molar-refractivity contribution < 1.29 is 13.9 Å². The van der Waals surface area contributed by atoms with Gasteiger partial charge in [-0.1, -0.05) is 6.58 Å². The maximum atomic E-state index is 14.1. The molecule has 1 aromatic heterocycles. The molecular weight excluding hydrogens is 271 g/mol. The fourth-order valence-electron chi connectivity index (χ4n) is 3.23. The third-order valence-corrected chi connectivity index (χ3v) is 4.01. The molecule has 4 nitrogen and oxygen atoms in total. The minimum atomic E-state index is -0.578. The Morgan fingerprint density at radius 1 is 1.43 bits per heavy atom. The highest BCUT2D eigenvalue weighted by Gasteiger charge is 2.47. The third kappa shape index (κ3) is 2.20. The summed E-state index contributed by atoms with van der Waals surface area (Å²) in [6, 6.07) is 1.36. The van der Waals surface area contributed by atoms with Crippen molar-refractivity contribution in [1.82, 2.24) is 9.88 Å². The molecule has 2 bridgehead atoms. The predicted molar refractivity (Wildman–Crippen MR) is 77.1 cm³/mol. The van der Waals surface area contributed by atoms with Gasteiger partial charge in [-0.2, -0.15) is 4.39 Å².